The van der Waals surface area contributed by atoms with E-state index in [0.29, 0.717) is 5.76 Å². The predicted octanol–water partition coefficient (Wildman–Crippen LogP) is 0.736. The second-order valence-electron chi connectivity index (χ2n) is 6.44. The number of carbonyl (C=O) groups excluding carboxylic acids is 2. The number of thiazole rings is 1. The molecule has 0 aromatic carbocycles. The lowest BCUT2D eigenvalue weighted by atomic mass is 9.87. The molecule has 0 saturated carbocycles. The number of aromatic nitrogens is 1. The van der Waals surface area contributed by atoms with Crippen LogP contribution in [0.2, 0.25) is 0 Å². The Labute approximate surface area is 179 Å². The molecule has 0 amide bonds. The Morgan fingerprint density at radius 3 is 2.55 bits per heavy atom. The summed E-state index contributed by atoms with van der Waals surface area (Å²) in [5.41, 5.74) is 5.76. The molecule has 4 heterocycles. The molecule has 3 aromatic heterocycles. The molecule has 10 heteroatoms. The molecule has 3 aromatic rings. The average molecular weight is 442 g/mol. The van der Waals surface area contributed by atoms with Gasteiger partial charge in [-0.1, -0.05) is 0 Å². The minimum atomic E-state index is -1.00. The van der Waals surface area contributed by atoms with Gasteiger partial charge in [0.1, 0.15) is 22.0 Å². The summed E-state index contributed by atoms with van der Waals surface area (Å²) >= 11 is 1.04. The van der Waals surface area contributed by atoms with Crippen LogP contribution < -0.4 is 20.5 Å². The molecule has 2 N–H and O–H groups in total. The molecule has 160 valence electrons. The molecule has 4 rings (SSSR count). The predicted molar refractivity (Wildman–Crippen MR) is 111 cm³/mol. The highest BCUT2D eigenvalue weighted by Gasteiger charge is 2.41. The fourth-order valence-corrected chi connectivity index (χ4v) is 4.55. The van der Waals surface area contributed by atoms with Crippen molar-refractivity contribution in [2.24, 2.45) is 5.73 Å². The molecular formula is C21H18N2O7S. The van der Waals surface area contributed by atoms with Gasteiger partial charge in [-0.3, -0.25) is 9.36 Å². The first-order valence-electron chi connectivity index (χ1n) is 9.28. The van der Waals surface area contributed by atoms with Gasteiger partial charge in [0.05, 0.1) is 47.8 Å². The molecule has 0 fully saturated rings. The van der Waals surface area contributed by atoms with E-state index in [2.05, 4.69) is 0 Å². The maximum absolute atomic E-state index is 13.2. The van der Waals surface area contributed by atoms with Crippen LogP contribution in [0.4, 0.5) is 0 Å². The Morgan fingerprint density at radius 2 is 1.94 bits per heavy atom. The molecule has 1 aliphatic heterocycles. The topological polar surface area (TPSA) is 127 Å². The quantitative estimate of drug-likeness (QED) is 0.573. The maximum Gasteiger partial charge on any atom is 0.338 e. The van der Waals surface area contributed by atoms with Crippen LogP contribution in [-0.2, 0) is 19.1 Å². The minimum Gasteiger partial charge on any atom is -0.468 e. The van der Waals surface area contributed by atoms with E-state index in [1.165, 1.54) is 25.7 Å². The van der Waals surface area contributed by atoms with Crippen LogP contribution in [0.3, 0.4) is 0 Å². The van der Waals surface area contributed by atoms with E-state index in [9.17, 15) is 14.4 Å². The lowest BCUT2D eigenvalue weighted by Crippen LogP contribution is -2.41. The van der Waals surface area contributed by atoms with Gasteiger partial charge in [-0.05, 0) is 31.2 Å². The number of nitrogens with two attached hydrogens (primary N) is 1. The summed E-state index contributed by atoms with van der Waals surface area (Å²) < 4.78 is 22.6. The Bertz CT molecular complexity index is 1340. The first-order valence-corrected chi connectivity index (χ1v) is 10.1. The first-order chi connectivity index (χ1) is 15.0. The Morgan fingerprint density at radius 1 is 1.19 bits per heavy atom. The molecule has 31 heavy (non-hydrogen) atoms. The van der Waals surface area contributed by atoms with Crippen molar-refractivity contribution in [2.45, 2.75) is 12.8 Å². The van der Waals surface area contributed by atoms with Crippen LogP contribution in [0.5, 0.6) is 0 Å². The average Bonchev–Trinajstić information content (AvgIpc) is 3.50. The van der Waals surface area contributed by atoms with Crippen LogP contribution in [0, 0.1) is 0 Å². The van der Waals surface area contributed by atoms with Gasteiger partial charge < -0.3 is 24.0 Å². The maximum atomic E-state index is 13.2. The van der Waals surface area contributed by atoms with Gasteiger partial charge in [-0.15, -0.1) is 11.3 Å². The van der Waals surface area contributed by atoms with E-state index >= 15 is 0 Å². The highest BCUT2D eigenvalue weighted by Crippen LogP contribution is 2.37. The molecule has 1 aliphatic rings. The zero-order chi connectivity index (χ0) is 22.1. The van der Waals surface area contributed by atoms with E-state index in [1.54, 1.807) is 31.2 Å². The fourth-order valence-electron chi connectivity index (χ4n) is 3.41. The fraction of sp³-hybridized carbons (Fsp3) is 0.190. The molecule has 0 unspecified atom stereocenters. The molecule has 0 spiro atoms. The van der Waals surface area contributed by atoms with Gasteiger partial charge in [0.2, 0.25) is 0 Å². The van der Waals surface area contributed by atoms with Crippen molar-refractivity contribution in [3.8, 4) is 0 Å². The molecule has 1 atom stereocenters. The first kappa shape index (κ1) is 20.5. The summed E-state index contributed by atoms with van der Waals surface area (Å²) in [6.07, 6.45) is 4.42. The highest BCUT2D eigenvalue weighted by atomic mass is 32.1. The van der Waals surface area contributed by atoms with Crippen molar-refractivity contribution >= 4 is 40.7 Å². The zero-order valence-electron chi connectivity index (χ0n) is 16.6. The van der Waals surface area contributed by atoms with Crippen molar-refractivity contribution < 1.29 is 27.9 Å². The van der Waals surface area contributed by atoms with Gasteiger partial charge in [0.15, 0.2) is 0 Å². The molecule has 0 aliphatic carbocycles. The molecule has 9 nitrogen and oxygen atoms in total. The normalized spacial score (nSPS) is 16.4. The van der Waals surface area contributed by atoms with Crippen molar-refractivity contribution in [3.63, 3.8) is 0 Å². The summed E-state index contributed by atoms with van der Waals surface area (Å²) in [6.45, 7) is 1.76. The second kappa shape index (κ2) is 8.15. The monoisotopic (exact) mass is 442 g/mol. The summed E-state index contributed by atoms with van der Waals surface area (Å²) in [4.78, 5) is 38.9. The summed E-state index contributed by atoms with van der Waals surface area (Å²) in [7, 11) is 1.19. The lowest BCUT2D eigenvalue weighted by Gasteiger charge is -2.24. The van der Waals surface area contributed by atoms with Gasteiger partial charge >= 0.3 is 11.9 Å². The third-order valence-electron chi connectivity index (χ3n) is 4.69. The summed E-state index contributed by atoms with van der Waals surface area (Å²) in [6, 6.07) is 6.60. The lowest BCUT2D eigenvalue weighted by molar-refractivity contribution is -0.136. The van der Waals surface area contributed by atoms with Gasteiger partial charge in [-0.25, -0.2) is 9.59 Å². The Hall–Kier alpha value is -3.79. The summed E-state index contributed by atoms with van der Waals surface area (Å²) in [5.74, 6) is -1.90. The van der Waals surface area contributed by atoms with Gasteiger partial charge in [0.25, 0.3) is 5.56 Å². The molecular weight excluding hydrogens is 424 g/mol. The number of rotatable bonds is 5. The second-order valence-corrected chi connectivity index (χ2v) is 7.48. The number of esters is 2. The number of furan rings is 2. The Kier molecular flexibility index (Phi) is 5.38. The summed E-state index contributed by atoms with van der Waals surface area (Å²) in [5, 5.41) is 0. The van der Waals surface area contributed by atoms with E-state index in [-0.39, 0.29) is 38.5 Å². The number of carbonyl (C=O) groups is 2. The van der Waals surface area contributed by atoms with Crippen LogP contribution in [0.15, 0.2) is 56.0 Å². The number of hydrogen-bond donors (Lipinski definition) is 1. The van der Waals surface area contributed by atoms with Crippen molar-refractivity contribution in [2.75, 3.05) is 13.7 Å². The zero-order valence-corrected chi connectivity index (χ0v) is 17.4. The van der Waals surface area contributed by atoms with Crippen LogP contribution in [0.1, 0.15) is 24.4 Å². The van der Waals surface area contributed by atoms with Crippen molar-refractivity contribution in [1.29, 1.82) is 0 Å². The van der Waals surface area contributed by atoms with E-state index in [0.717, 1.165) is 15.9 Å². The van der Waals surface area contributed by atoms with Crippen LogP contribution >= 0.6 is 11.3 Å². The third-order valence-corrected chi connectivity index (χ3v) is 5.80. The Balaban J connectivity index is 2.13. The SMILES string of the molecule is CCOC(=O)C1=c2sc(=Cc3ccco3)c(=O)n2C(N)=C(C(=O)OC)[C@@H]1c1ccco1. The smallest absolute Gasteiger partial charge is 0.338 e. The number of nitrogens with zero attached hydrogens (tertiary/aromatic N) is 1. The van der Waals surface area contributed by atoms with Gasteiger partial charge in [-0.2, -0.15) is 0 Å². The molecule has 0 radical (unpaired) electrons. The van der Waals surface area contributed by atoms with Crippen LogP contribution in [-0.4, -0.2) is 30.2 Å². The number of hydrogen-bond acceptors (Lipinski definition) is 9. The molecule has 0 saturated heterocycles. The third kappa shape index (κ3) is 3.40. The highest BCUT2D eigenvalue weighted by molar-refractivity contribution is 7.07. The van der Waals surface area contributed by atoms with Crippen molar-refractivity contribution in [1.82, 2.24) is 4.57 Å². The largest absolute Gasteiger partial charge is 0.468 e. The minimum absolute atomic E-state index is 0.0626. The van der Waals surface area contributed by atoms with Crippen LogP contribution in [0.25, 0.3) is 17.5 Å². The number of methoxy groups -OCH3 is 1. The van der Waals surface area contributed by atoms with Gasteiger partial charge in [0, 0.05) is 6.08 Å². The number of fused-ring (bicyclic) bond motifs is 1. The standard InChI is InChI=1S/C21H18N2O7S/c1-3-28-21(26)16-14(12-7-5-9-30-12)15(20(25)27-2)17(22)23-18(24)13(31-19(16)23)10-11-6-4-8-29-11/h4-10,14H,3,22H2,1-2H3/t14-/m0/s1. The number of ether oxygens (including phenoxy) is 2. The molecule has 0 bridgehead atoms. The van der Waals surface area contributed by atoms with E-state index < -0.39 is 23.4 Å². The van der Waals surface area contributed by atoms with E-state index in [1.807, 2.05) is 0 Å². The van der Waals surface area contributed by atoms with Crippen molar-refractivity contribution in [3.05, 3.63) is 73.4 Å². The van der Waals surface area contributed by atoms with E-state index in [4.69, 9.17) is 24.0 Å².